The third-order valence-electron chi connectivity index (χ3n) is 4.99. The van der Waals surface area contributed by atoms with Crippen molar-refractivity contribution in [2.24, 2.45) is 0 Å². The number of aromatic nitrogens is 2. The fourth-order valence-electron chi connectivity index (χ4n) is 3.22. The van der Waals surface area contributed by atoms with Gasteiger partial charge in [-0.3, -0.25) is 9.69 Å². The van der Waals surface area contributed by atoms with Crippen molar-refractivity contribution in [2.75, 3.05) is 44.2 Å². The maximum atomic E-state index is 12.3. The summed E-state index contributed by atoms with van der Waals surface area (Å²) >= 11 is 0. The number of piperazine rings is 1. The van der Waals surface area contributed by atoms with Crippen molar-refractivity contribution in [3.8, 4) is 0 Å². The van der Waals surface area contributed by atoms with Gasteiger partial charge in [0, 0.05) is 50.7 Å². The summed E-state index contributed by atoms with van der Waals surface area (Å²) in [5.41, 5.74) is 2.99. The Labute approximate surface area is 155 Å². The van der Waals surface area contributed by atoms with Gasteiger partial charge in [0.2, 0.25) is 5.95 Å². The molecule has 0 bridgehead atoms. The van der Waals surface area contributed by atoms with Crippen LogP contribution in [0.25, 0.3) is 0 Å². The molecule has 6 heteroatoms. The molecule has 2 heterocycles. The highest BCUT2D eigenvalue weighted by Gasteiger charge is 2.18. The zero-order chi connectivity index (χ0) is 18.4. The van der Waals surface area contributed by atoms with Gasteiger partial charge in [0.05, 0.1) is 0 Å². The van der Waals surface area contributed by atoms with Crippen molar-refractivity contribution >= 4 is 11.9 Å². The Bertz CT molecular complexity index is 726. The molecule has 138 valence electrons. The van der Waals surface area contributed by atoms with Crippen LogP contribution in [0.4, 0.5) is 5.95 Å². The van der Waals surface area contributed by atoms with Gasteiger partial charge in [0.15, 0.2) is 0 Å². The lowest BCUT2D eigenvalue weighted by atomic mass is 10.0. The van der Waals surface area contributed by atoms with Crippen molar-refractivity contribution in [1.82, 2.24) is 20.2 Å². The van der Waals surface area contributed by atoms with Crippen LogP contribution in [0.1, 0.15) is 27.9 Å². The Morgan fingerprint density at radius 3 is 2.54 bits per heavy atom. The molecule has 1 aliphatic heterocycles. The number of amides is 1. The first-order chi connectivity index (χ1) is 12.6. The van der Waals surface area contributed by atoms with Gasteiger partial charge in [-0.1, -0.05) is 12.1 Å². The lowest BCUT2D eigenvalue weighted by molar-refractivity contribution is 0.0950. The van der Waals surface area contributed by atoms with Crippen molar-refractivity contribution in [1.29, 1.82) is 0 Å². The molecule has 0 saturated carbocycles. The summed E-state index contributed by atoms with van der Waals surface area (Å²) in [7, 11) is 0. The minimum Gasteiger partial charge on any atom is -0.352 e. The summed E-state index contributed by atoms with van der Waals surface area (Å²) in [6, 6.07) is 7.70. The van der Waals surface area contributed by atoms with Crippen LogP contribution in [-0.2, 0) is 0 Å². The van der Waals surface area contributed by atoms with Gasteiger partial charge in [0.25, 0.3) is 5.91 Å². The number of rotatable bonds is 6. The Balaban J connectivity index is 1.37. The molecule has 3 rings (SSSR count). The normalized spacial score (nSPS) is 15.1. The van der Waals surface area contributed by atoms with Crippen LogP contribution in [0, 0.1) is 13.8 Å². The molecule has 0 unspecified atom stereocenters. The van der Waals surface area contributed by atoms with Gasteiger partial charge in [-0.2, -0.15) is 0 Å². The molecule has 0 aliphatic carbocycles. The average Bonchev–Trinajstić information content (AvgIpc) is 2.68. The predicted molar refractivity (Wildman–Crippen MR) is 104 cm³/mol. The van der Waals surface area contributed by atoms with Crippen LogP contribution >= 0.6 is 0 Å². The number of benzene rings is 1. The highest BCUT2D eigenvalue weighted by atomic mass is 16.1. The summed E-state index contributed by atoms with van der Waals surface area (Å²) in [6.45, 7) is 9.63. The third kappa shape index (κ3) is 4.58. The van der Waals surface area contributed by atoms with Crippen molar-refractivity contribution in [3.05, 3.63) is 53.3 Å². The molecule has 0 radical (unpaired) electrons. The van der Waals surface area contributed by atoms with E-state index in [2.05, 4.69) is 25.1 Å². The van der Waals surface area contributed by atoms with Crippen LogP contribution in [-0.4, -0.2) is 60.0 Å². The maximum Gasteiger partial charge on any atom is 0.251 e. The summed E-state index contributed by atoms with van der Waals surface area (Å²) in [5.74, 6) is 0.838. The lowest BCUT2D eigenvalue weighted by Gasteiger charge is -2.34. The molecule has 6 nitrogen and oxygen atoms in total. The van der Waals surface area contributed by atoms with E-state index in [0.717, 1.165) is 61.8 Å². The van der Waals surface area contributed by atoms with E-state index >= 15 is 0 Å². The molecule has 1 fully saturated rings. The van der Waals surface area contributed by atoms with Crippen LogP contribution in [0.3, 0.4) is 0 Å². The summed E-state index contributed by atoms with van der Waals surface area (Å²) < 4.78 is 0. The van der Waals surface area contributed by atoms with Crippen molar-refractivity contribution < 1.29 is 4.79 Å². The topological polar surface area (TPSA) is 61.4 Å². The van der Waals surface area contributed by atoms with E-state index in [4.69, 9.17) is 0 Å². The Morgan fingerprint density at radius 1 is 1.08 bits per heavy atom. The standard InChI is InChI=1S/C20H27N5O/c1-16-6-3-7-18(17(16)2)19(26)21-10-5-11-24-12-14-25(15-13-24)20-22-8-4-9-23-20/h3-4,6-9H,5,10-15H2,1-2H3,(H,21,26). The number of hydrogen-bond acceptors (Lipinski definition) is 5. The molecule has 1 aromatic carbocycles. The second kappa shape index (κ2) is 8.76. The Hall–Kier alpha value is -2.47. The highest BCUT2D eigenvalue weighted by molar-refractivity contribution is 5.95. The number of nitrogens with zero attached hydrogens (tertiary/aromatic N) is 4. The van der Waals surface area contributed by atoms with Crippen LogP contribution in [0.2, 0.25) is 0 Å². The molecular weight excluding hydrogens is 326 g/mol. The van der Waals surface area contributed by atoms with Gasteiger partial charge in [0.1, 0.15) is 0 Å². The summed E-state index contributed by atoms with van der Waals surface area (Å²) in [4.78, 5) is 25.6. The van der Waals surface area contributed by atoms with E-state index in [9.17, 15) is 4.79 Å². The first kappa shape index (κ1) is 18.3. The zero-order valence-corrected chi connectivity index (χ0v) is 15.6. The summed E-state index contributed by atoms with van der Waals surface area (Å²) in [6.07, 6.45) is 4.53. The maximum absolute atomic E-state index is 12.3. The predicted octanol–water partition coefficient (Wildman–Crippen LogP) is 2.04. The number of hydrogen-bond donors (Lipinski definition) is 1. The van der Waals surface area contributed by atoms with E-state index in [-0.39, 0.29) is 5.91 Å². The first-order valence-corrected chi connectivity index (χ1v) is 9.24. The highest BCUT2D eigenvalue weighted by Crippen LogP contribution is 2.12. The van der Waals surface area contributed by atoms with E-state index < -0.39 is 0 Å². The van der Waals surface area contributed by atoms with Gasteiger partial charge in [-0.15, -0.1) is 0 Å². The number of carbonyl (C=O) groups excluding carboxylic acids is 1. The SMILES string of the molecule is Cc1cccc(C(=O)NCCCN2CCN(c3ncccn3)CC2)c1C. The zero-order valence-electron chi connectivity index (χ0n) is 15.6. The Morgan fingerprint density at radius 2 is 1.81 bits per heavy atom. The molecule has 0 atom stereocenters. The monoisotopic (exact) mass is 353 g/mol. The van der Waals surface area contributed by atoms with Gasteiger partial charge in [-0.05, 0) is 50.1 Å². The largest absolute Gasteiger partial charge is 0.352 e. The lowest BCUT2D eigenvalue weighted by Crippen LogP contribution is -2.47. The minimum absolute atomic E-state index is 0.0252. The van der Waals surface area contributed by atoms with E-state index in [1.165, 1.54) is 0 Å². The number of nitrogens with one attached hydrogen (secondary N) is 1. The van der Waals surface area contributed by atoms with Crippen molar-refractivity contribution in [3.63, 3.8) is 0 Å². The number of carbonyl (C=O) groups is 1. The molecule has 1 N–H and O–H groups in total. The molecule has 1 amide bonds. The average molecular weight is 353 g/mol. The van der Waals surface area contributed by atoms with Gasteiger partial charge in [-0.25, -0.2) is 9.97 Å². The van der Waals surface area contributed by atoms with Crippen LogP contribution < -0.4 is 10.2 Å². The minimum atomic E-state index is 0.0252. The fraction of sp³-hybridized carbons (Fsp3) is 0.450. The number of anilines is 1. The van der Waals surface area contributed by atoms with Crippen molar-refractivity contribution in [2.45, 2.75) is 20.3 Å². The fourth-order valence-corrected chi connectivity index (χ4v) is 3.22. The molecule has 26 heavy (non-hydrogen) atoms. The molecule has 1 saturated heterocycles. The second-order valence-corrected chi connectivity index (χ2v) is 6.73. The van der Waals surface area contributed by atoms with Gasteiger partial charge < -0.3 is 10.2 Å². The molecule has 0 spiro atoms. The molecule has 1 aromatic heterocycles. The quantitative estimate of drug-likeness (QED) is 0.805. The molecular formula is C20H27N5O. The first-order valence-electron chi connectivity index (χ1n) is 9.24. The van der Waals surface area contributed by atoms with Gasteiger partial charge >= 0.3 is 0 Å². The third-order valence-corrected chi connectivity index (χ3v) is 4.99. The Kier molecular flexibility index (Phi) is 6.17. The summed E-state index contributed by atoms with van der Waals surface area (Å²) in [5, 5.41) is 3.05. The number of aryl methyl sites for hydroxylation is 1. The van der Waals surface area contributed by atoms with E-state index in [1.807, 2.05) is 38.1 Å². The second-order valence-electron chi connectivity index (χ2n) is 6.73. The van der Waals surface area contributed by atoms with Crippen LogP contribution in [0.5, 0.6) is 0 Å². The van der Waals surface area contributed by atoms with E-state index in [1.54, 1.807) is 12.4 Å². The van der Waals surface area contributed by atoms with E-state index in [0.29, 0.717) is 6.54 Å². The van der Waals surface area contributed by atoms with Crippen LogP contribution in [0.15, 0.2) is 36.7 Å². The smallest absolute Gasteiger partial charge is 0.251 e. The molecule has 1 aliphatic rings. The molecule has 2 aromatic rings.